The van der Waals surface area contributed by atoms with Crippen LogP contribution >= 0.6 is 0 Å². The van der Waals surface area contributed by atoms with Gasteiger partial charge >= 0.3 is 0 Å². The van der Waals surface area contributed by atoms with Crippen molar-refractivity contribution >= 4 is 29.0 Å². The molecule has 0 radical (unpaired) electrons. The monoisotopic (exact) mass is 432 g/mol. The number of rotatable bonds is 6. The highest BCUT2D eigenvalue weighted by atomic mass is 16.7. The van der Waals surface area contributed by atoms with Gasteiger partial charge in [-0.2, -0.15) is 0 Å². The number of ether oxygens (including phenoxy) is 3. The van der Waals surface area contributed by atoms with Gasteiger partial charge in [0.15, 0.2) is 17.3 Å². The molecule has 9 nitrogen and oxygen atoms in total. The van der Waals surface area contributed by atoms with Crippen LogP contribution in [-0.2, 0) is 0 Å². The van der Waals surface area contributed by atoms with Crippen molar-refractivity contribution in [2.24, 2.45) is 16.5 Å². The van der Waals surface area contributed by atoms with Crippen LogP contribution in [0.4, 0.5) is 11.4 Å². The second-order valence-electron chi connectivity index (χ2n) is 6.84. The van der Waals surface area contributed by atoms with E-state index in [1.807, 2.05) is 6.07 Å². The van der Waals surface area contributed by atoms with Crippen LogP contribution in [0.3, 0.4) is 0 Å². The predicted molar refractivity (Wildman–Crippen MR) is 119 cm³/mol. The maximum Gasteiger partial charge on any atom is 0.300 e. The number of carbonyl (C=O) groups is 2. The lowest BCUT2D eigenvalue weighted by Crippen LogP contribution is -2.35. The van der Waals surface area contributed by atoms with Gasteiger partial charge in [-0.3, -0.25) is 9.59 Å². The molecule has 3 aromatic carbocycles. The molecule has 0 aromatic heterocycles. The molecule has 0 bridgehead atoms. The number of hydrogen-bond acceptors (Lipinski definition) is 6. The first-order valence-corrected chi connectivity index (χ1v) is 9.60. The van der Waals surface area contributed by atoms with Gasteiger partial charge in [-0.05, 0) is 42.5 Å². The van der Waals surface area contributed by atoms with Crippen molar-refractivity contribution < 1.29 is 23.8 Å². The summed E-state index contributed by atoms with van der Waals surface area (Å²) in [5.74, 6) is 0.0199. The van der Waals surface area contributed by atoms with E-state index in [4.69, 9.17) is 25.7 Å². The fourth-order valence-corrected chi connectivity index (χ4v) is 3.09. The van der Waals surface area contributed by atoms with Crippen LogP contribution in [0.15, 0.2) is 71.7 Å². The minimum absolute atomic E-state index is 0.0374. The topological polar surface area (TPSA) is 138 Å². The number of aliphatic imine (C=N–C) groups is 1. The van der Waals surface area contributed by atoms with Gasteiger partial charge in [0, 0.05) is 16.8 Å². The Hall–Kier alpha value is -4.53. The smallest absolute Gasteiger partial charge is 0.300 e. The van der Waals surface area contributed by atoms with Gasteiger partial charge in [0.05, 0.1) is 12.8 Å². The molecule has 1 atom stereocenters. The van der Waals surface area contributed by atoms with E-state index >= 15 is 0 Å². The molecule has 0 aliphatic carbocycles. The lowest BCUT2D eigenvalue weighted by atomic mass is 10.2. The number of fused-ring (bicyclic) bond motifs is 1. The Balaban J connectivity index is 1.51. The zero-order chi connectivity index (χ0) is 22.7. The van der Waals surface area contributed by atoms with Crippen molar-refractivity contribution in [3.8, 4) is 17.2 Å². The zero-order valence-corrected chi connectivity index (χ0v) is 17.1. The van der Waals surface area contributed by atoms with E-state index in [0.717, 1.165) is 0 Å². The van der Waals surface area contributed by atoms with Crippen LogP contribution in [0.5, 0.6) is 17.2 Å². The Bertz CT molecular complexity index is 1210. The summed E-state index contributed by atoms with van der Waals surface area (Å²) in [5, 5.41) is 2.82. The van der Waals surface area contributed by atoms with Crippen LogP contribution in [-0.4, -0.2) is 31.0 Å². The quantitative estimate of drug-likeness (QED) is 0.404. The number of benzene rings is 3. The molecule has 0 spiro atoms. The molecule has 4 rings (SSSR count). The maximum atomic E-state index is 12.4. The minimum atomic E-state index is -1.02. The Morgan fingerprint density at radius 3 is 2.47 bits per heavy atom. The summed E-state index contributed by atoms with van der Waals surface area (Å²) in [6.07, 6.45) is -1.02. The van der Waals surface area contributed by atoms with Gasteiger partial charge in [0.2, 0.25) is 11.7 Å². The number of amides is 2. The van der Waals surface area contributed by atoms with Crippen LogP contribution in [0, 0.1) is 0 Å². The lowest BCUT2D eigenvalue weighted by molar-refractivity contribution is 0.0996. The van der Waals surface area contributed by atoms with Gasteiger partial charge in [0.1, 0.15) is 0 Å². The normalized spacial score (nSPS) is 14.7. The number of nitrogens with two attached hydrogens (primary N) is 2. The molecule has 1 aliphatic rings. The Labute approximate surface area is 183 Å². The molecule has 3 aromatic rings. The van der Waals surface area contributed by atoms with Crippen LogP contribution in [0.1, 0.15) is 20.7 Å². The summed E-state index contributed by atoms with van der Waals surface area (Å²) in [6, 6.07) is 18.6. The second kappa shape index (κ2) is 8.68. The van der Waals surface area contributed by atoms with Crippen molar-refractivity contribution in [1.29, 1.82) is 0 Å². The first-order chi connectivity index (χ1) is 15.4. The van der Waals surface area contributed by atoms with Crippen molar-refractivity contribution in [3.63, 3.8) is 0 Å². The molecule has 0 fully saturated rings. The van der Waals surface area contributed by atoms with Crippen LogP contribution < -0.4 is 31.0 Å². The third-order valence-corrected chi connectivity index (χ3v) is 4.62. The summed E-state index contributed by atoms with van der Waals surface area (Å²) in [6.45, 7) is 0. The van der Waals surface area contributed by atoms with Gasteiger partial charge in [-0.1, -0.05) is 24.3 Å². The van der Waals surface area contributed by atoms with E-state index in [-0.39, 0.29) is 28.8 Å². The highest BCUT2D eigenvalue weighted by molar-refractivity contribution is 6.04. The van der Waals surface area contributed by atoms with Crippen molar-refractivity contribution in [2.75, 3.05) is 12.4 Å². The number of amidine groups is 1. The maximum absolute atomic E-state index is 12.4. The zero-order valence-electron chi connectivity index (χ0n) is 17.1. The Kier molecular flexibility index (Phi) is 5.63. The van der Waals surface area contributed by atoms with E-state index in [0.29, 0.717) is 22.7 Å². The number of carbonyl (C=O) groups excluding carboxylic acids is 2. The second-order valence-corrected chi connectivity index (χ2v) is 6.84. The van der Waals surface area contributed by atoms with Crippen LogP contribution in [0.25, 0.3) is 0 Å². The van der Waals surface area contributed by atoms with E-state index in [2.05, 4.69) is 10.3 Å². The van der Waals surface area contributed by atoms with Crippen molar-refractivity contribution in [3.05, 3.63) is 77.9 Å². The van der Waals surface area contributed by atoms with Gasteiger partial charge in [-0.25, -0.2) is 4.99 Å². The number of primary amides is 1. The molecule has 9 heteroatoms. The molecule has 1 aliphatic heterocycles. The van der Waals surface area contributed by atoms with Gasteiger partial charge in [-0.15, -0.1) is 0 Å². The molecular formula is C23H20N4O5. The third kappa shape index (κ3) is 4.31. The number of hydrogen-bond donors (Lipinski definition) is 3. The minimum Gasteiger partial charge on any atom is -0.493 e. The molecular weight excluding hydrogens is 412 g/mol. The highest BCUT2D eigenvalue weighted by Crippen LogP contribution is 2.43. The van der Waals surface area contributed by atoms with Gasteiger partial charge < -0.3 is 31.0 Å². The summed E-state index contributed by atoms with van der Waals surface area (Å²) < 4.78 is 16.7. The first kappa shape index (κ1) is 20.7. The fourth-order valence-electron chi connectivity index (χ4n) is 3.09. The van der Waals surface area contributed by atoms with E-state index < -0.39 is 12.2 Å². The first-order valence-electron chi connectivity index (χ1n) is 9.60. The third-order valence-electron chi connectivity index (χ3n) is 4.62. The van der Waals surface area contributed by atoms with E-state index in [9.17, 15) is 9.59 Å². The lowest BCUT2D eigenvalue weighted by Gasteiger charge is -2.10. The van der Waals surface area contributed by atoms with E-state index in [1.54, 1.807) is 48.5 Å². The number of nitrogens with zero attached hydrogens (tertiary/aromatic N) is 1. The molecule has 1 unspecified atom stereocenters. The summed E-state index contributed by atoms with van der Waals surface area (Å²) in [5.41, 5.74) is 13.2. The SMILES string of the molecule is COc1cc(C(N)=O)cc2c1OC(C(N)=Nc1cccc(NC(=O)c3ccccc3)c1)O2. The average molecular weight is 432 g/mol. The molecule has 0 saturated heterocycles. The molecule has 0 saturated carbocycles. The average Bonchev–Trinajstić information content (AvgIpc) is 3.24. The molecule has 32 heavy (non-hydrogen) atoms. The molecule has 2 amide bonds. The Morgan fingerprint density at radius 2 is 1.75 bits per heavy atom. The number of methoxy groups -OCH3 is 1. The van der Waals surface area contributed by atoms with Crippen molar-refractivity contribution in [2.45, 2.75) is 6.29 Å². The summed E-state index contributed by atoms with van der Waals surface area (Å²) in [7, 11) is 1.43. The number of nitrogens with one attached hydrogen (secondary N) is 1. The largest absolute Gasteiger partial charge is 0.493 e. The van der Waals surface area contributed by atoms with Crippen LogP contribution in [0.2, 0.25) is 0 Å². The van der Waals surface area contributed by atoms with Crippen molar-refractivity contribution in [1.82, 2.24) is 0 Å². The molecule has 1 heterocycles. The van der Waals surface area contributed by atoms with E-state index in [1.165, 1.54) is 19.2 Å². The summed E-state index contributed by atoms with van der Waals surface area (Å²) in [4.78, 5) is 28.2. The Morgan fingerprint density at radius 1 is 0.969 bits per heavy atom. The number of anilines is 1. The predicted octanol–water partition coefficient (Wildman–Crippen LogP) is 2.83. The molecule has 5 N–H and O–H groups in total. The standard InChI is InChI=1S/C23H20N4O5/c1-30-17-10-14(21(25)28)11-18-19(17)32-23(31-18)20(24)26-15-8-5-9-16(12-15)27-22(29)13-6-3-2-4-7-13/h2-12,23H,1H3,(H2,24,26)(H2,25,28)(H,27,29). The van der Waals surface area contributed by atoms with Gasteiger partial charge in [0.25, 0.3) is 12.2 Å². The molecule has 162 valence electrons. The summed E-state index contributed by atoms with van der Waals surface area (Å²) >= 11 is 0. The fraction of sp³-hybridized carbons (Fsp3) is 0.0870. The highest BCUT2D eigenvalue weighted by Gasteiger charge is 2.31.